The molecule has 0 fully saturated rings. The van der Waals surface area contributed by atoms with E-state index in [0.29, 0.717) is 11.3 Å². The molecule has 0 saturated carbocycles. The van der Waals surface area contributed by atoms with Crippen molar-refractivity contribution in [1.82, 2.24) is 0 Å². The molecule has 0 aliphatic rings. The molecule has 0 aromatic heterocycles. The zero-order valence-electron chi connectivity index (χ0n) is 11.4. The number of halogens is 1. The van der Waals surface area contributed by atoms with Crippen molar-refractivity contribution in [1.29, 1.82) is 0 Å². The highest BCUT2D eigenvalue weighted by Crippen LogP contribution is 2.32. The molecule has 0 amide bonds. The van der Waals surface area contributed by atoms with Gasteiger partial charge in [0.15, 0.2) is 0 Å². The van der Waals surface area contributed by atoms with Gasteiger partial charge in [0.2, 0.25) is 0 Å². The molecule has 1 atom stereocenters. The number of carbonyl (C=O) groups is 1. The first-order chi connectivity index (χ1) is 8.87. The summed E-state index contributed by atoms with van der Waals surface area (Å²) < 4.78 is 18.8. The highest BCUT2D eigenvalue weighted by atomic mass is 19.1. The molecule has 19 heavy (non-hydrogen) atoms. The predicted molar refractivity (Wildman–Crippen MR) is 70.6 cm³/mol. The molecule has 0 aliphatic carbocycles. The van der Waals surface area contributed by atoms with E-state index < -0.39 is 17.2 Å². The number of aliphatic carboxylic acids is 1. The number of benzene rings is 1. The van der Waals surface area contributed by atoms with Crippen molar-refractivity contribution in [2.24, 2.45) is 17.1 Å². The van der Waals surface area contributed by atoms with E-state index in [-0.39, 0.29) is 18.9 Å². The molecule has 0 spiro atoms. The van der Waals surface area contributed by atoms with Crippen LogP contribution < -0.4 is 10.5 Å². The molecule has 0 heterocycles. The molecule has 1 aromatic carbocycles. The first-order valence-corrected chi connectivity index (χ1v) is 6.13. The third kappa shape index (κ3) is 3.04. The highest BCUT2D eigenvalue weighted by molar-refractivity contribution is 5.75. The summed E-state index contributed by atoms with van der Waals surface area (Å²) in [4.78, 5) is 11.5. The Hall–Kier alpha value is -1.62. The summed E-state index contributed by atoms with van der Waals surface area (Å²) in [7, 11) is 1.45. The Morgan fingerprint density at radius 3 is 2.53 bits per heavy atom. The number of hydrogen-bond donors (Lipinski definition) is 2. The number of rotatable bonds is 6. The number of hydrogen-bond acceptors (Lipinski definition) is 3. The van der Waals surface area contributed by atoms with Crippen LogP contribution in [-0.4, -0.2) is 24.7 Å². The quantitative estimate of drug-likeness (QED) is 0.829. The predicted octanol–water partition coefficient (Wildman–Crippen LogP) is 2.06. The van der Waals surface area contributed by atoms with Crippen molar-refractivity contribution in [3.05, 3.63) is 29.6 Å². The number of carboxylic acid groups (broad SMARTS) is 1. The minimum Gasteiger partial charge on any atom is -0.497 e. The summed E-state index contributed by atoms with van der Waals surface area (Å²) in [5.41, 5.74) is 4.81. The lowest BCUT2D eigenvalue weighted by Gasteiger charge is -2.32. The average Bonchev–Trinajstić information content (AvgIpc) is 2.36. The normalized spacial score (nSPS) is 14.2. The van der Waals surface area contributed by atoms with Gasteiger partial charge in [0.1, 0.15) is 11.6 Å². The van der Waals surface area contributed by atoms with Gasteiger partial charge in [-0.25, -0.2) is 4.39 Å². The molecule has 0 radical (unpaired) electrons. The second kappa shape index (κ2) is 6.02. The highest BCUT2D eigenvalue weighted by Gasteiger charge is 2.41. The van der Waals surface area contributed by atoms with E-state index in [1.807, 2.05) is 0 Å². The van der Waals surface area contributed by atoms with Crippen LogP contribution in [0, 0.1) is 17.2 Å². The molecule has 1 aromatic rings. The van der Waals surface area contributed by atoms with E-state index in [2.05, 4.69) is 0 Å². The third-order valence-electron chi connectivity index (χ3n) is 3.66. The molecular formula is C14H20FNO3. The van der Waals surface area contributed by atoms with Crippen LogP contribution in [0.3, 0.4) is 0 Å². The number of ether oxygens (including phenoxy) is 1. The van der Waals surface area contributed by atoms with Crippen molar-refractivity contribution >= 4 is 5.97 Å². The van der Waals surface area contributed by atoms with Gasteiger partial charge in [-0.2, -0.15) is 0 Å². The molecule has 106 valence electrons. The van der Waals surface area contributed by atoms with Crippen LogP contribution in [0.15, 0.2) is 18.2 Å². The zero-order chi connectivity index (χ0) is 14.6. The lowest BCUT2D eigenvalue weighted by atomic mass is 9.72. The first-order valence-electron chi connectivity index (χ1n) is 6.13. The second-order valence-corrected chi connectivity index (χ2v) is 4.95. The van der Waals surface area contributed by atoms with Gasteiger partial charge in [0, 0.05) is 12.6 Å². The molecule has 0 bridgehead atoms. The summed E-state index contributed by atoms with van der Waals surface area (Å²) in [5.74, 6) is -1.27. The van der Waals surface area contributed by atoms with Crippen LogP contribution in [0.2, 0.25) is 0 Å². The van der Waals surface area contributed by atoms with Gasteiger partial charge in [-0.15, -0.1) is 0 Å². The van der Waals surface area contributed by atoms with Crippen LogP contribution in [0.1, 0.15) is 19.4 Å². The van der Waals surface area contributed by atoms with Gasteiger partial charge in [-0.3, -0.25) is 4.79 Å². The average molecular weight is 269 g/mol. The van der Waals surface area contributed by atoms with Crippen LogP contribution >= 0.6 is 0 Å². The molecule has 5 heteroatoms. The number of carboxylic acids is 1. The Bertz CT molecular complexity index is 462. The molecule has 1 rings (SSSR count). The number of methoxy groups -OCH3 is 1. The summed E-state index contributed by atoms with van der Waals surface area (Å²) in [5, 5.41) is 9.42. The van der Waals surface area contributed by atoms with Crippen LogP contribution in [0.4, 0.5) is 4.39 Å². The standard InChI is InChI=1S/C14H20FNO3/c1-9(2)14(8-16,13(17)18)7-10-4-5-11(19-3)6-12(10)15/h4-6,9H,7-8,16H2,1-3H3,(H,17,18). The van der Waals surface area contributed by atoms with E-state index >= 15 is 0 Å². The summed E-state index contributed by atoms with van der Waals surface area (Å²) in [6.45, 7) is 3.52. The second-order valence-electron chi connectivity index (χ2n) is 4.95. The lowest BCUT2D eigenvalue weighted by molar-refractivity contribution is -0.151. The van der Waals surface area contributed by atoms with E-state index in [1.54, 1.807) is 26.0 Å². The Morgan fingerprint density at radius 1 is 1.53 bits per heavy atom. The lowest BCUT2D eigenvalue weighted by Crippen LogP contribution is -2.45. The zero-order valence-corrected chi connectivity index (χ0v) is 11.4. The maximum absolute atomic E-state index is 13.9. The van der Waals surface area contributed by atoms with Crippen LogP contribution in [0.5, 0.6) is 5.75 Å². The molecule has 0 aliphatic heterocycles. The van der Waals surface area contributed by atoms with Crippen molar-refractivity contribution < 1.29 is 19.0 Å². The van der Waals surface area contributed by atoms with Crippen LogP contribution in [-0.2, 0) is 11.2 Å². The minimum absolute atomic E-state index is 0.0362. The first kappa shape index (κ1) is 15.4. The van der Waals surface area contributed by atoms with Crippen molar-refractivity contribution in [3.8, 4) is 5.75 Å². The molecule has 3 N–H and O–H groups in total. The fourth-order valence-corrected chi connectivity index (χ4v) is 2.06. The third-order valence-corrected chi connectivity index (χ3v) is 3.66. The van der Waals surface area contributed by atoms with Gasteiger partial charge in [-0.05, 0) is 24.0 Å². The van der Waals surface area contributed by atoms with Crippen molar-refractivity contribution in [2.45, 2.75) is 20.3 Å². The molecule has 0 saturated heterocycles. The fraction of sp³-hybridized carbons (Fsp3) is 0.500. The maximum Gasteiger partial charge on any atom is 0.311 e. The van der Waals surface area contributed by atoms with Gasteiger partial charge < -0.3 is 15.6 Å². The molecule has 4 nitrogen and oxygen atoms in total. The van der Waals surface area contributed by atoms with E-state index in [0.717, 1.165) is 0 Å². The Morgan fingerprint density at radius 2 is 2.16 bits per heavy atom. The minimum atomic E-state index is -1.16. The van der Waals surface area contributed by atoms with Gasteiger partial charge >= 0.3 is 5.97 Å². The fourth-order valence-electron chi connectivity index (χ4n) is 2.06. The summed E-state index contributed by atoms with van der Waals surface area (Å²) in [6.07, 6.45) is 0.0618. The van der Waals surface area contributed by atoms with Gasteiger partial charge in [-0.1, -0.05) is 19.9 Å². The number of nitrogens with two attached hydrogens (primary N) is 1. The topological polar surface area (TPSA) is 72.5 Å². The van der Waals surface area contributed by atoms with E-state index in [9.17, 15) is 14.3 Å². The van der Waals surface area contributed by atoms with Crippen LogP contribution in [0.25, 0.3) is 0 Å². The van der Waals surface area contributed by atoms with Gasteiger partial charge in [0.25, 0.3) is 0 Å². The molecular weight excluding hydrogens is 249 g/mol. The van der Waals surface area contributed by atoms with E-state index in [4.69, 9.17) is 10.5 Å². The molecule has 1 unspecified atom stereocenters. The SMILES string of the molecule is COc1ccc(CC(CN)(C(=O)O)C(C)C)c(F)c1. The summed E-state index contributed by atoms with van der Waals surface area (Å²) >= 11 is 0. The smallest absolute Gasteiger partial charge is 0.311 e. The van der Waals surface area contributed by atoms with E-state index in [1.165, 1.54) is 13.2 Å². The Kier molecular flexibility index (Phi) is 4.89. The van der Waals surface area contributed by atoms with Crippen molar-refractivity contribution in [2.75, 3.05) is 13.7 Å². The maximum atomic E-state index is 13.9. The largest absolute Gasteiger partial charge is 0.497 e. The van der Waals surface area contributed by atoms with Crippen molar-refractivity contribution in [3.63, 3.8) is 0 Å². The Labute approximate surface area is 112 Å². The summed E-state index contributed by atoms with van der Waals surface area (Å²) in [6, 6.07) is 4.41. The van der Waals surface area contributed by atoms with Gasteiger partial charge in [0.05, 0.1) is 12.5 Å². The Balaban J connectivity index is 3.13. The monoisotopic (exact) mass is 269 g/mol.